The number of aryl methyl sites for hydroxylation is 1. The van der Waals surface area contributed by atoms with Crippen LogP contribution in [0.15, 0.2) is 65.7 Å². The van der Waals surface area contributed by atoms with Crippen molar-refractivity contribution in [2.45, 2.75) is 6.92 Å². The maximum Gasteiger partial charge on any atom is 0.279 e. The molecule has 5 heteroatoms. The molecule has 0 saturated heterocycles. The van der Waals surface area contributed by atoms with Crippen LogP contribution in [0.25, 0.3) is 21.0 Å². The summed E-state index contributed by atoms with van der Waals surface area (Å²) in [6, 6.07) is 19.6. The van der Waals surface area contributed by atoms with Crippen LogP contribution < -0.4 is 9.54 Å². The smallest absolute Gasteiger partial charge is 0.279 e. The first kappa shape index (κ1) is 16.5. The number of aromatic nitrogens is 1. The number of amides is 1. The van der Waals surface area contributed by atoms with Crippen molar-refractivity contribution >= 4 is 38.2 Å². The highest BCUT2D eigenvalue weighted by atomic mass is 32.1. The molecule has 0 N–H and O–H groups in total. The monoisotopic (exact) mass is 362 g/mol. The second-order valence-electron chi connectivity index (χ2n) is 5.99. The van der Waals surface area contributed by atoms with E-state index in [1.54, 1.807) is 0 Å². The summed E-state index contributed by atoms with van der Waals surface area (Å²) >= 11 is 1.49. The van der Waals surface area contributed by atoms with Crippen LogP contribution in [0.4, 0.5) is 0 Å². The molecule has 0 radical (unpaired) electrons. The Kier molecular flexibility index (Phi) is 4.31. The number of carbonyl (C=O) groups is 1. The number of ether oxygens (including phenoxy) is 1. The van der Waals surface area contributed by atoms with E-state index in [0.29, 0.717) is 17.0 Å². The lowest BCUT2D eigenvalue weighted by Crippen LogP contribution is -2.13. The van der Waals surface area contributed by atoms with Crippen LogP contribution in [-0.4, -0.2) is 17.1 Å². The predicted octanol–water partition coefficient (Wildman–Crippen LogP) is 4.53. The summed E-state index contributed by atoms with van der Waals surface area (Å²) in [7, 11) is 1.92. The van der Waals surface area contributed by atoms with Crippen molar-refractivity contribution in [3.63, 3.8) is 0 Å². The van der Waals surface area contributed by atoms with Gasteiger partial charge in [-0.25, -0.2) is 0 Å². The molecule has 3 aromatic carbocycles. The molecule has 0 spiro atoms. The zero-order valence-corrected chi connectivity index (χ0v) is 15.4. The molecule has 26 heavy (non-hydrogen) atoms. The van der Waals surface area contributed by atoms with Crippen molar-refractivity contribution < 1.29 is 9.53 Å². The second kappa shape index (κ2) is 6.77. The molecule has 4 aromatic rings. The summed E-state index contributed by atoms with van der Waals surface area (Å²) in [4.78, 5) is 17.7. The highest BCUT2D eigenvalue weighted by Crippen LogP contribution is 2.23. The van der Waals surface area contributed by atoms with Gasteiger partial charge in [-0.1, -0.05) is 41.7 Å². The molecule has 1 amide bonds. The fourth-order valence-corrected chi connectivity index (χ4v) is 4.00. The highest BCUT2D eigenvalue weighted by Gasteiger charge is 2.09. The maximum absolute atomic E-state index is 12.7. The molecule has 1 aromatic heterocycles. The molecule has 0 fully saturated rings. The SMILES string of the molecule is CCOc1ccc2c(c1)sc(=NC(=O)c1ccc3ccccc3c1)n2C. The van der Waals surface area contributed by atoms with Crippen LogP contribution in [0, 0.1) is 0 Å². The number of thiazole rings is 1. The van der Waals surface area contributed by atoms with Gasteiger partial charge in [-0.15, -0.1) is 0 Å². The van der Waals surface area contributed by atoms with Crippen LogP contribution in [0.5, 0.6) is 5.75 Å². The molecule has 0 atom stereocenters. The Morgan fingerprint density at radius 3 is 2.69 bits per heavy atom. The molecular weight excluding hydrogens is 344 g/mol. The standard InChI is InChI=1S/C21H18N2O2S/c1-3-25-17-10-11-18-19(13-17)26-21(23(18)2)22-20(24)16-9-8-14-6-4-5-7-15(14)12-16/h4-13H,3H2,1-2H3. The van der Waals surface area contributed by atoms with Gasteiger partial charge in [0.2, 0.25) is 0 Å². The van der Waals surface area contributed by atoms with Crippen LogP contribution >= 0.6 is 11.3 Å². The number of fused-ring (bicyclic) bond motifs is 2. The van der Waals surface area contributed by atoms with Crippen LogP contribution in [0.3, 0.4) is 0 Å². The lowest BCUT2D eigenvalue weighted by molar-refractivity contribution is 0.0998. The highest BCUT2D eigenvalue weighted by molar-refractivity contribution is 7.16. The Hall–Kier alpha value is -2.92. The Balaban J connectivity index is 1.76. The molecule has 0 saturated carbocycles. The molecule has 0 aliphatic carbocycles. The first-order valence-electron chi connectivity index (χ1n) is 8.46. The lowest BCUT2D eigenvalue weighted by atomic mass is 10.1. The third-order valence-electron chi connectivity index (χ3n) is 4.29. The van der Waals surface area contributed by atoms with Crippen molar-refractivity contribution in [3.05, 3.63) is 71.0 Å². The van der Waals surface area contributed by atoms with Crippen molar-refractivity contribution in [2.24, 2.45) is 12.0 Å². The van der Waals surface area contributed by atoms with Gasteiger partial charge in [-0.05, 0) is 48.0 Å². The normalized spacial score (nSPS) is 12.0. The summed E-state index contributed by atoms with van der Waals surface area (Å²) in [5, 5.41) is 2.15. The number of carbonyl (C=O) groups excluding carboxylic acids is 1. The van der Waals surface area contributed by atoms with E-state index in [9.17, 15) is 4.79 Å². The van der Waals surface area contributed by atoms with Gasteiger partial charge in [0.15, 0.2) is 4.80 Å². The molecular formula is C21H18N2O2S. The number of hydrogen-bond acceptors (Lipinski definition) is 3. The van der Waals surface area contributed by atoms with E-state index in [0.717, 1.165) is 26.7 Å². The zero-order chi connectivity index (χ0) is 18.1. The first-order valence-corrected chi connectivity index (χ1v) is 9.27. The Labute approximate surface area is 155 Å². The molecule has 0 aliphatic heterocycles. The van der Waals surface area contributed by atoms with Crippen LogP contribution in [0.2, 0.25) is 0 Å². The molecule has 4 rings (SSSR count). The molecule has 0 unspecified atom stereocenters. The minimum atomic E-state index is -0.233. The quantitative estimate of drug-likeness (QED) is 0.537. The van der Waals surface area contributed by atoms with Gasteiger partial charge >= 0.3 is 0 Å². The van der Waals surface area contributed by atoms with E-state index in [4.69, 9.17) is 4.74 Å². The van der Waals surface area contributed by atoms with Crippen molar-refractivity contribution in [1.29, 1.82) is 0 Å². The van der Waals surface area contributed by atoms with Gasteiger partial charge in [0, 0.05) is 12.6 Å². The van der Waals surface area contributed by atoms with E-state index in [-0.39, 0.29) is 5.91 Å². The zero-order valence-electron chi connectivity index (χ0n) is 14.6. The van der Waals surface area contributed by atoms with E-state index in [2.05, 4.69) is 4.99 Å². The summed E-state index contributed by atoms with van der Waals surface area (Å²) in [6.07, 6.45) is 0. The number of hydrogen-bond donors (Lipinski definition) is 0. The van der Waals surface area contributed by atoms with E-state index in [1.807, 2.05) is 79.2 Å². The molecule has 130 valence electrons. The van der Waals surface area contributed by atoms with E-state index in [1.165, 1.54) is 11.3 Å². The fourth-order valence-electron chi connectivity index (χ4n) is 2.95. The van der Waals surface area contributed by atoms with Gasteiger partial charge in [-0.3, -0.25) is 4.79 Å². The number of rotatable bonds is 3. The number of benzene rings is 3. The Morgan fingerprint density at radius 1 is 1.08 bits per heavy atom. The first-order chi connectivity index (χ1) is 12.7. The summed E-state index contributed by atoms with van der Waals surface area (Å²) < 4.78 is 8.54. The number of nitrogens with zero attached hydrogens (tertiary/aromatic N) is 2. The van der Waals surface area contributed by atoms with Gasteiger partial charge in [0.25, 0.3) is 5.91 Å². The van der Waals surface area contributed by atoms with E-state index >= 15 is 0 Å². The summed E-state index contributed by atoms with van der Waals surface area (Å²) in [6.45, 7) is 2.59. The average Bonchev–Trinajstić information content (AvgIpc) is 2.96. The topological polar surface area (TPSA) is 43.6 Å². The molecule has 4 nitrogen and oxygen atoms in total. The maximum atomic E-state index is 12.7. The minimum Gasteiger partial charge on any atom is -0.494 e. The van der Waals surface area contributed by atoms with Crippen LogP contribution in [0.1, 0.15) is 17.3 Å². The summed E-state index contributed by atoms with van der Waals surface area (Å²) in [5.74, 6) is 0.595. The molecule has 0 aliphatic rings. The van der Waals surface area contributed by atoms with Crippen LogP contribution in [-0.2, 0) is 7.05 Å². The third-order valence-corrected chi connectivity index (χ3v) is 5.38. The lowest BCUT2D eigenvalue weighted by Gasteiger charge is -2.02. The fraction of sp³-hybridized carbons (Fsp3) is 0.143. The Morgan fingerprint density at radius 2 is 1.88 bits per heavy atom. The third kappa shape index (κ3) is 3.02. The van der Waals surface area contributed by atoms with Gasteiger partial charge in [-0.2, -0.15) is 4.99 Å². The summed E-state index contributed by atoms with van der Waals surface area (Å²) in [5.41, 5.74) is 1.62. The van der Waals surface area contributed by atoms with Gasteiger partial charge in [0.05, 0.1) is 16.8 Å². The van der Waals surface area contributed by atoms with Crippen molar-refractivity contribution in [3.8, 4) is 5.75 Å². The second-order valence-corrected chi connectivity index (χ2v) is 6.99. The van der Waals surface area contributed by atoms with Crippen molar-refractivity contribution in [2.75, 3.05) is 6.61 Å². The predicted molar refractivity (Wildman–Crippen MR) is 106 cm³/mol. The average molecular weight is 362 g/mol. The van der Waals surface area contributed by atoms with Crippen molar-refractivity contribution in [1.82, 2.24) is 4.57 Å². The molecule has 0 bridgehead atoms. The minimum absolute atomic E-state index is 0.233. The molecule has 1 heterocycles. The van der Waals surface area contributed by atoms with E-state index < -0.39 is 0 Å². The van der Waals surface area contributed by atoms with Gasteiger partial charge in [0.1, 0.15) is 5.75 Å². The Bertz CT molecular complexity index is 1190. The van der Waals surface area contributed by atoms with Gasteiger partial charge < -0.3 is 9.30 Å². The largest absolute Gasteiger partial charge is 0.494 e.